The summed E-state index contributed by atoms with van der Waals surface area (Å²) in [4.78, 5) is 39.7. The number of fused-ring (bicyclic) bond motifs is 5. The molecular weight excluding hydrogens is 413 g/mol. The highest BCUT2D eigenvalue weighted by molar-refractivity contribution is 6.36. The highest BCUT2D eigenvalue weighted by atomic mass is 35.5. The van der Waals surface area contributed by atoms with E-state index in [2.05, 4.69) is 0 Å². The van der Waals surface area contributed by atoms with Crippen LogP contribution in [0.25, 0.3) is 0 Å². The Morgan fingerprint density at radius 3 is 2.31 bits per heavy atom. The fourth-order valence-electron chi connectivity index (χ4n) is 5.17. The van der Waals surface area contributed by atoms with Crippen LogP contribution in [-0.4, -0.2) is 17.8 Å². The number of hydrogen-bond acceptors (Lipinski definition) is 4. The first kappa shape index (κ1) is 18.6. The number of halogens is 2. The van der Waals surface area contributed by atoms with Gasteiger partial charge in [-0.1, -0.05) is 29.3 Å². The van der Waals surface area contributed by atoms with Crippen molar-refractivity contribution in [3.8, 4) is 5.75 Å². The minimum Gasteiger partial charge on any atom is -0.423 e. The third-order valence-electron chi connectivity index (χ3n) is 6.36. The standard InChI is InChI=1S/C22H17Cl2NO4/c23-13-6-7-16(17(24)9-13)22(28)29-15-3-1-2-14(10-15)25-20(26)18-11-4-5-12(8-11)19(18)21(25)27/h1-3,6-7,9-12,18-19H,4-5,8H2/t11-,12+,18-,19+. The summed E-state index contributed by atoms with van der Waals surface area (Å²) in [5.74, 6) is -0.413. The zero-order valence-electron chi connectivity index (χ0n) is 15.3. The SMILES string of the molecule is O=C(Oc1cccc(N2C(=O)[C@@H]3[C@@H]4CC[C@@H](C4)[C@@H]3C2=O)c1)c1ccc(Cl)cc1Cl. The number of rotatable bonds is 3. The number of hydrogen-bond donors (Lipinski definition) is 0. The smallest absolute Gasteiger partial charge is 0.345 e. The Bertz CT molecular complexity index is 1020. The molecule has 0 spiro atoms. The molecule has 148 valence electrons. The molecule has 2 aromatic rings. The fourth-order valence-corrected chi connectivity index (χ4v) is 5.65. The number of benzene rings is 2. The quantitative estimate of drug-likeness (QED) is 0.401. The highest BCUT2D eigenvalue weighted by Gasteiger charge is 2.61. The van der Waals surface area contributed by atoms with Crippen LogP contribution in [0.5, 0.6) is 5.75 Å². The first-order valence-electron chi connectivity index (χ1n) is 9.59. The molecule has 2 aliphatic carbocycles. The number of imide groups is 1. The molecule has 0 N–H and O–H groups in total. The molecule has 5 nitrogen and oxygen atoms in total. The Hall–Kier alpha value is -2.37. The van der Waals surface area contributed by atoms with Crippen LogP contribution >= 0.6 is 23.2 Å². The lowest BCUT2D eigenvalue weighted by atomic mass is 9.81. The largest absolute Gasteiger partial charge is 0.423 e. The van der Waals surface area contributed by atoms with Crippen molar-refractivity contribution < 1.29 is 19.1 Å². The van der Waals surface area contributed by atoms with Crippen molar-refractivity contribution in [3.63, 3.8) is 0 Å². The summed E-state index contributed by atoms with van der Waals surface area (Å²) in [6.07, 6.45) is 3.04. The van der Waals surface area contributed by atoms with Crippen LogP contribution in [0.15, 0.2) is 42.5 Å². The van der Waals surface area contributed by atoms with Gasteiger partial charge in [-0.25, -0.2) is 9.69 Å². The molecule has 1 heterocycles. The second-order valence-corrected chi connectivity index (χ2v) is 8.75. The molecule has 5 rings (SSSR count). The summed E-state index contributed by atoms with van der Waals surface area (Å²) >= 11 is 11.9. The van der Waals surface area contributed by atoms with Gasteiger partial charge in [0, 0.05) is 11.1 Å². The molecule has 1 saturated heterocycles. The van der Waals surface area contributed by atoms with E-state index in [1.165, 1.54) is 17.0 Å². The van der Waals surface area contributed by atoms with Crippen LogP contribution < -0.4 is 9.64 Å². The molecule has 3 aliphatic rings. The number of esters is 1. The summed E-state index contributed by atoms with van der Waals surface area (Å²) in [6.45, 7) is 0. The van der Waals surface area contributed by atoms with Crippen molar-refractivity contribution in [1.29, 1.82) is 0 Å². The zero-order valence-corrected chi connectivity index (χ0v) is 16.8. The van der Waals surface area contributed by atoms with Crippen LogP contribution in [0.1, 0.15) is 29.6 Å². The number of nitrogens with zero attached hydrogens (tertiary/aromatic N) is 1. The van der Waals surface area contributed by atoms with Gasteiger partial charge in [-0.3, -0.25) is 9.59 Å². The number of carbonyl (C=O) groups excluding carboxylic acids is 3. The van der Waals surface area contributed by atoms with E-state index in [1.54, 1.807) is 30.3 Å². The van der Waals surface area contributed by atoms with Gasteiger partial charge in [0.25, 0.3) is 0 Å². The lowest BCUT2D eigenvalue weighted by molar-refractivity contribution is -0.123. The van der Waals surface area contributed by atoms with E-state index < -0.39 is 5.97 Å². The van der Waals surface area contributed by atoms with Gasteiger partial charge in [-0.05, 0) is 61.4 Å². The second-order valence-electron chi connectivity index (χ2n) is 7.91. The van der Waals surface area contributed by atoms with Gasteiger partial charge in [0.15, 0.2) is 0 Å². The lowest BCUT2D eigenvalue weighted by Gasteiger charge is -2.19. The fraction of sp³-hybridized carbons (Fsp3) is 0.318. The van der Waals surface area contributed by atoms with Crippen molar-refractivity contribution in [2.75, 3.05) is 4.90 Å². The first-order chi connectivity index (χ1) is 13.9. The zero-order chi connectivity index (χ0) is 20.3. The molecule has 0 unspecified atom stereocenters. The van der Waals surface area contributed by atoms with Gasteiger partial charge in [0.1, 0.15) is 5.75 Å². The average molecular weight is 430 g/mol. The van der Waals surface area contributed by atoms with Gasteiger partial charge in [-0.15, -0.1) is 0 Å². The van der Waals surface area contributed by atoms with Crippen molar-refractivity contribution in [3.05, 3.63) is 58.1 Å². The number of amides is 2. The minimum absolute atomic E-state index is 0.128. The molecule has 29 heavy (non-hydrogen) atoms. The van der Waals surface area contributed by atoms with Crippen molar-refractivity contribution >= 4 is 46.7 Å². The molecule has 2 saturated carbocycles. The predicted molar refractivity (Wildman–Crippen MR) is 108 cm³/mol. The second kappa shape index (κ2) is 6.85. The predicted octanol–water partition coefficient (Wildman–Crippen LogP) is 4.75. The Morgan fingerprint density at radius 2 is 1.66 bits per heavy atom. The molecule has 0 aromatic heterocycles. The topological polar surface area (TPSA) is 63.7 Å². The van der Waals surface area contributed by atoms with Crippen LogP contribution in [0.2, 0.25) is 10.0 Å². The van der Waals surface area contributed by atoms with Gasteiger partial charge in [0.2, 0.25) is 11.8 Å². The summed E-state index contributed by atoms with van der Waals surface area (Å²) in [6, 6.07) is 11.0. The third kappa shape index (κ3) is 2.95. The van der Waals surface area contributed by atoms with E-state index in [0.29, 0.717) is 22.5 Å². The van der Waals surface area contributed by atoms with Crippen molar-refractivity contribution in [1.82, 2.24) is 0 Å². The van der Waals surface area contributed by atoms with Crippen LogP contribution in [-0.2, 0) is 9.59 Å². The van der Waals surface area contributed by atoms with E-state index in [1.807, 2.05) is 0 Å². The Morgan fingerprint density at radius 1 is 0.966 bits per heavy atom. The van der Waals surface area contributed by atoms with Gasteiger partial charge < -0.3 is 4.74 Å². The highest BCUT2D eigenvalue weighted by Crippen LogP contribution is 2.56. The molecule has 2 aromatic carbocycles. The monoisotopic (exact) mass is 429 g/mol. The van der Waals surface area contributed by atoms with Gasteiger partial charge in [0.05, 0.1) is 28.1 Å². The van der Waals surface area contributed by atoms with E-state index in [0.717, 1.165) is 19.3 Å². The van der Waals surface area contributed by atoms with E-state index in [-0.39, 0.29) is 40.0 Å². The van der Waals surface area contributed by atoms with Gasteiger partial charge in [-0.2, -0.15) is 0 Å². The maximum atomic E-state index is 13.0. The lowest BCUT2D eigenvalue weighted by Crippen LogP contribution is -2.32. The molecule has 2 amide bonds. The van der Waals surface area contributed by atoms with Gasteiger partial charge >= 0.3 is 5.97 Å². The number of carbonyl (C=O) groups is 3. The maximum absolute atomic E-state index is 13.0. The third-order valence-corrected chi connectivity index (χ3v) is 6.91. The molecule has 2 bridgehead atoms. The summed E-state index contributed by atoms with van der Waals surface area (Å²) in [5.41, 5.74) is 0.613. The van der Waals surface area contributed by atoms with E-state index in [4.69, 9.17) is 27.9 Å². The van der Waals surface area contributed by atoms with Crippen LogP contribution in [0, 0.1) is 23.7 Å². The molecule has 0 radical (unpaired) electrons. The van der Waals surface area contributed by atoms with E-state index >= 15 is 0 Å². The van der Waals surface area contributed by atoms with E-state index in [9.17, 15) is 14.4 Å². The first-order valence-corrected chi connectivity index (χ1v) is 10.3. The van der Waals surface area contributed by atoms with Crippen molar-refractivity contribution in [2.24, 2.45) is 23.7 Å². The minimum atomic E-state index is -0.641. The number of anilines is 1. The van der Waals surface area contributed by atoms with Crippen LogP contribution in [0.4, 0.5) is 5.69 Å². The Labute approximate surface area is 177 Å². The summed E-state index contributed by atoms with van der Waals surface area (Å²) in [7, 11) is 0. The summed E-state index contributed by atoms with van der Waals surface area (Å²) in [5, 5.41) is 0.603. The average Bonchev–Trinajstić information content (AvgIpc) is 3.35. The Balaban J connectivity index is 1.40. The Kier molecular flexibility index (Phi) is 4.41. The molecule has 3 fully saturated rings. The van der Waals surface area contributed by atoms with Crippen LogP contribution in [0.3, 0.4) is 0 Å². The molecule has 7 heteroatoms. The van der Waals surface area contributed by atoms with Crippen molar-refractivity contribution in [2.45, 2.75) is 19.3 Å². The molecule has 1 aliphatic heterocycles. The normalized spacial score (nSPS) is 27.4. The molecular formula is C22H17Cl2NO4. The molecule has 4 atom stereocenters. The number of ether oxygens (including phenoxy) is 1. The maximum Gasteiger partial charge on any atom is 0.345 e. The summed E-state index contributed by atoms with van der Waals surface area (Å²) < 4.78 is 5.42.